The number of hydrogen-bond donors (Lipinski definition) is 2. The molecule has 2 N–H and O–H groups in total. The van der Waals surface area contributed by atoms with Crippen molar-refractivity contribution in [2.75, 3.05) is 19.5 Å². The molecule has 4 rings (SSSR count). The number of carbonyl (C=O) groups excluding carboxylic acids is 1. The van der Waals surface area contributed by atoms with Crippen molar-refractivity contribution in [3.05, 3.63) is 59.3 Å². The van der Waals surface area contributed by atoms with E-state index >= 15 is 0 Å². The zero-order chi connectivity index (χ0) is 19.7. The van der Waals surface area contributed by atoms with Gasteiger partial charge in [-0.1, -0.05) is 6.07 Å². The number of hydrogen-bond acceptors (Lipinski definition) is 5. The number of fused-ring (bicyclic) bond motifs is 2. The highest BCUT2D eigenvalue weighted by Crippen LogP contribution is 2.29. The first-order valence-corrected chi connectivity index (χ1v) is 8.58. The average molecular weight is 378 g/mol. The first-order chi connectivity index (χ1) is 13.6. The molecule has 8 heteroatoms. The molecular formula is C20H18N4O4. The molecule has 0 saturated carbocycles. The fourth-order valence-corrected chi connectivity index (χ4v) is 3.14. The van der Waals surface area contributed by atoms with Crippen LogP contribution in [-0.4, -0.2) is 34.7 Å². The molecule has 0 unspecified atom stereocenters. The predicted octanol–water partition coefficient (Wildman–Crippen LogP) is 2.53. The third kappa shape index (κ3) is 3.05. The molecule has 0 aliphatic heterocycles. The Morgan fingerprint density at radius 3 is 2.71 bits per heavy atom. The topological polar surface area (TPSA) is 98.2 Å². The molecular weight excluding hydrogens is 360 g/mol. The van der Waals surface area contributed by atoms with E-state index in [1.54, 1.807) is 18.3 Å². The maximum Gasteiger partial charge on any atom is 0.261 e. The second-order valence-electron chi connectivity index (χ2n) is 6.19. The van der Waals surface area contributed by atoms with Gasteiger partial charge in [-0.15, -0.1) is 0 Å². The summed E-state index contributed by atoms with van der Waals surface area (Å²) in [6.45, 7) is -0.156. The van der Waals surface area contributed by atoms with Crippen molar-refractivity contribution in [1.29, 1.82) is 0 Å². The maximum atomic E-state index is 12.8. The molecule has 2 heterocycles. The van der Waals surface area contributed by atoms with Gasteiger partial charge in [0.15, 0.2) is 11.5 Å². The van der Waals surface area contributed by atoms with Gasteiger partial charge in [0, 0.05) is 23.2 Å². The normalized spacial score (nSPS) is 10.9. The fourth-order valence-electron chi connectivity index (χ4n) is 3.14. The summed E-state index contributed by atoms with van der Waals surface area (Å²) in [5.41, 5.74) is 1.73. The molecule has 0 fully saturated rings. The third-order valence-electron chi connectivity index (χ3n) is 4.51. The highest BCUT2D eigenvalue weighted by molar-refractivity contribution is 6.01. The van der Waals surface area contributed by atoms with Crippen molar-refractivity contribution < 1.29 is 14.3 Å². The molecule has 1 amide bonds. The Bertz CT molecular complexity index is 1240. The molecule has 0 aliphatic carbocycles. The Morgan fingerprint density at radius 2 is 1.93 bits per heavy atom. The van der Waals surface area contributed by atoms with E-state index in [0.29, 0.717) is 28.1 Å². The Labute approximate surface area is 159 Å². The summed E-state index contributed by atoms with van der Waals surface area (Å²) in [6.07, 6.45) is 3.16. The van der Waals surface area contributed by atoms with Crippen molar-refractivity contribution in [1.82, 2.24) is 14.5 Å². The molecule has 0 aliphatic rings. The number of aromatic nitrogens is 3. The number of aromatic amines is 1. The van der Waals surface area contributed by atoms with Gasteiger partial charge in [-0.05, 0) is 24.3 Å². The first-order valence-electron chi connectivity index (χ1n) is 8.58. The lowest BCUT2D eigenvalue weighted by molar-refractivity contribution is -0.116. The van der Waals surface area contributed by atoms with Crippen LogP contribution in [0.5, 0.6) is 11.5 Å². The van der Waals surface area contributed by atoms with Crippen LogP contribution >= 0.6 is 0 Å². The molecule has 0 spiro atoms. The SMILES string of the molecule is COc1cc2ncn(CC(=O)Nc3cccc4[nH]ccc34)c(=O)c2cc1OC. The summed E-state index contributed by atoms with van der Waals surface area (Å²) in [4.78, 5) is 32.7. The van der Waals surface area contributed by atoms with Gasteiger partial charge < -0.3 is 19.8 Å². The maximum absolute atomic E-state index is 12.8. The predicted molar refractivity (Wildman–Crippen MR) is 106 cm³/mol. The molecule has 8 nitrogen and oxygen atoms in total. The average Bonchev–Trinajstić information content (AvgIpc) is 3.19. The minimum absolute atomic E-state index is 0.156. The fraction of sp³-hybridized carbons (Fsp3) is 0.150. The van der Waals surface area contributed by atoms with Gasteiger partial charge in [-0.2, -0.15) is 0 Å². The number of H-pyrrole nitrogens is 1. The number of carbonyl (C=O) groups is 1. The highest BCUT2D eigenvalue weighted by atomic mass is 16.5. The van der Waals surface area contributed by atoms with Crippen LogP contribution in [0.3, 0.4) is 0 Å². The van der Waals surface area contributed by atoms with E-state index in [-0.39, 0.29) is 18.0 Å². The van der Waals surface area contributed by atoms with Crippen molar-refractivity contribution in [2.45, 2.75) is 6.54 Å². The summed E-state index contributed by atoms with van der Waals surface area (Å²) in [7, 11) is 3.01. The summed E-state index contributed by atoms with van der Waals surface area (Å²) >= 11 is 0. The van der Waals surface area contributed by atoms with E-state index in [1.165, 1.54) is 25.1 Å². The number of nitrogens with zero attached hydrogens (tertiary/aromatic N) is 2. The molecule has 142 valence electrons. The Hall–Kier alpha value is -3.81. The first kappa shape index (κ1) is 17.6. The van der Waals surface area contributed by atoms with Crippen molar-refractivity contribution in [3.8, 4) is 11.5 Å². The zero-order valence-corrected chi connectivity index (χ0v) is 15.4. The smallest absolute Gasteiger partial charge is 0.261 e. The number of rotatable bonds is 5. The van der Waals surface area contributed by atoms with Crippen LogP contribution in [-0.2, 0) is 11.3 Å². The van der Waals surface area contributed by atoms with E-state index in [4.69, 9.17) is 9.47 Å². The van der Waals surface area contributed by atoms with Crippen molar-refractivity contribution >= 4 is 33.4 Å². The number of benzene rings is 2. The van der Waals surface area contributed by atoms with Crippen LogP contribution in [0, 0.1) is 0 Å². The quantitative estimate of drug-likeness (QED) is 0.556. The van der Waals surface area contributed by atoms with Crippen LogP contribution in [0.25, 0.3) is 21.8 Å². The number of methoxy groups -OCH3 is 2. The highest BCUT2D eigenvalue weighted by Gasteiger charge is 2.13. The largest absolute Gasteiger partial charge is 0.493 e. The summed E-state index contributed by atoms with van der Waals surface area (Å²) in [5, 5.41) is 4.09. The second-order valence-corrected chi connectivity index (χ2v) is 6.19. The minimum atomic E-state index is -0.332. The van der Waals surface area contributed by atoms with E-state index in [2.05, 4.69) is 15.3 Å². The van der Waals surface area contributed by atoms with E-state index < -0.39 is 0 Å². The van der Waals surface area contributed by atoms with Crippen LogP contribution in [0.15, 0.2) is 53.7 Å². The van der Waals surface area contributed by atoms with Crippen LogP contribution in [0.2, 0.25) is 0 Å². The minimum Gasteiger partial charge on any atom is -0.493 e. The lowest BCUT2D eigenvalue weighted by Gasteiger charge is -2.11. The molecule has 0 bridgehead atoms. The van der Waals surface area contributed by atoms with E-state index in [9.17, 15) is 9.59 Å². The number of nitrogens with one attached hydrogen (secondary N) is 2. The third-order valence-corrected chi connectivity index (χ3v) is 4.51. The second kappa shape index (κ2) is 7.07. The molecule has 28 heavy (non-hydrogen) atoms. The number of anilines is 1. The van der Waals surface area contributed by atoms with Gasteiger partial charge in [0.25, 0.3) is 5.56 Å². The van der Waals surface area contributed by atoms with Gasteiger partial charge in [0.2, 0.25) is 5.91 Å². The van der Waals surface area contributed by atoms with E-state index in [1.807, 2.05) is 24.3 Å². The molecule has 2 aromatic heterocycles. The Kier molecular flexibility index (Phi) is 4.44. The molecule has 4 aromatic rings. The van der Waals surface area contributed by atoms with Gasteiger partial charge >= 0.3 is 0 Å². The summed E-state index contributed by atoms with van der Waals surface area (Å²) in [5.74, 6) is 0.588. The van der Waals surface area contributed by atoms with Crippen molar-refractivity contribution in [2.24, 2.45) is 0 Å². The zero-order valence-electron chi connectivity index (χ0n) is 15.4. The lowest BCUT2D eigenvalue weighted by Crippen LogP contribution is -2.28. The standard InChI is InChI=1S/C20H18N4O4/c1-27-17-8-13-16(9-18(17)28-2)22-11-24(20(13)26)10-19(25)23-15-5-3-4-14-12(15)6-7-21-14/h3-9,11,21H,10H2,1-2H3,(H,23,25). The summed E-state index contributed by atoms with van der Waals surface area (Å²) < 4.78 is 11.7. The van der Waals surface area contributed by atoms with E-state index in [0.717, 1.165) is 10.9 Å². The molecule has 0 saturated heterocycles. The van der Waals surface area contributed by atoms with Gasteiger partial charge in [-0.3, -0.25) is 14.2 Å². The van der Waals surface area contributed by atoms with Crippen LogP contribution < -0.4 is 20.3 Å². The molecule has 0 atom stereocenters. The molecule has 0 radical (unpaired) electrons. The Morgan fingerprint density at radius 1 is 1.14 bits per heavy atom. The van der Waals surface area contributed by atoms with Crippen LogP contribution in [0.4, 0.5) is 5.69 Å². The monoisotopic (exact) mass is 378 g/mol. The Balaban J connectivity index is 1.64. The van der Waals surface area contributed by atoms with Gasteiger partial charge in [0.05, 0.1) is 37.1 Å². The van der Waals surface area contributed by atoms with Gasteiger partial charge in [-0.25, -0.2) is 4.98 Å². The summed E-state index contributed by atoms with van der Waals surface area (Å²) in [6, 6.07) is 10.7. The van der Waals surface area contributed by atoms with Crippen LogP contribution in [0.1, 0.15) is 0 Å². The molecule has 2 aromatic carbocycles. The number of ether oxygens (including phenoxy) is 2. The lowest BCUT2D eigenvalue weighted by atomic mass is 10.2. The number of amides is 1. The van der Waals surface area contributed by atoms with Crippen molar-refractivity contribution in [3.63, 3.8) is 0 Å². The van der Waals surface area contributed by atoms with Gasteiger partial charge in [0.1, 0.15) is 6.54 Å².